The van der Waals surface area contributed by atoms with Crippen molar-refractivity contribution in [1.82, 2.24) is 0 Å². The number of methoxy groups -OCH3 is 4. The molecule has 3 rings (SSSR count). The van der Waals surface area contributed by atoms with Crippen LogP contribution in [-0.4, -0.2) is 28.4 Å². The van der Waals surface area contributed by atoms with Crippen LogP contribution in [0.15, 0.2) is 30.3 Å². The van der Waals surface area contributed by atoms with E-state index in [0.717, 1.165) is 35.3 Å². The lowest BCUT2D eigenvalue weighted by atomic mass is 9.94. The van der Waals surface area contributed by atoms with Gasteiger partial charge in [0.1, 0.15) is 11.9 Å². The van der Waals surface area contributed by atoms with Crippen LogP contribution in [0.1, 0.15) is 42.6 Å². The largest absolute Gasteiger partial charge is 0.493 e. The Kier molecular flexibility index (Phi) is 5.79. The molecular weight excluding hydrogens is 344 g/mol. The van der Waals surface area contributed by atoms with Crippen LogP contribution in [0, 0.1) is 0 Å². The van der Waals surface area contributed by atoms with Crippen LogP contribution in [-0.2, 0) is 4.74 Å². The van der Waals surface area contributed by atoms with Gasteiger partial charge in [0, 0.05) is 11.1 Å². The zero-order valence-corrected chi connectivity index (χ0v) is 16.5. The molecule has 5 nitrogen and oxygen atoms in total. The van der Waals surface area contributed by atoms with Gasteiger partial charge in [-0.2, -0.15) is 0 Å². The van der Waals surface area contributed by atoms with E-state index in [9.17, 15) is 0 Å². The second kappa shape index (κ2) is 8.25. The molecule has 27 heavy (non-hydrogen) atoms. The molecule has 0 saturated carbocycles. The molecule has 0 N–H and O–H groups in total. The zero-order chi connectivity index (χ0) is 19.4. The molecule has 1 unspecified atom stereocenters. The summed E-state index contributed by atoms with van der Waals surface area (Å²) in [7, 11) is 6.55. The van der Waals surface area contributed by atoms with Crippen molar-refractivity contribution in [2.24, 2.45) is 0 Å². The molecule has 0 radical (unpaired) electrons. The normalized spacial score (nSPS) is 15.3. The van der Waals surface area contributed by atoms with Crippen LogP contribution in [0.2, 0.25) is 0 Å². The first kappa shape index (κ1) is 19.0. The smallest absolute Gasteiger partial charge is 0.161 e. The molecule has 2 aromatic rings. The van der Waals surface area contributed by atoms with E-state index in [-0.39, 0.29) is 6.10 Å². The summed E-state index contributed by atoms with van der Waals surface area (Å²) in [5.41, 5.74) is 3.12. The Labute approximate surface area is 160 Å². The first-order valence-corrected chi connectivity index (χ1v) is 9.01. The molecule has 2 aromatic carbocycles. The molecule has 5 heteroatoms. The van der Waals surface area contributed by atoms with E-state index in [4.69, 9.17) is 23.7 Å². The summed E-state index contributed by atoms with van der Waals surface area (Å²) in [6.45, 7) is 2.15. The molecule has 1 heterocycles. The van der Waals surface area contributed by atoms with Crippen molar-refractivity contribution in [1.29, 1.82) is 0 Å². The minimum atomic E-state index is -0.0436. The Bertz CT molecular complexity index is 841. The second-order valence-corrected chi connectivity index (χ2v) is 6.31. The summed E-state index contributed by atoms with van der Waals surface area (Å²) in [6, 6.07) is 9.80. The van der Waals surface area contributed by atoms with Crippen molar-refractivity contribution in [3.8, 4) is 23.0 Å². The molecule has 1 aliphatic heterocycles. The summed E-state index contributed by atoms with van der Waals surface area (Å²) in [6.07, 6.45) is 3.91. The molecule has 0 bridgehead atoms. The van der Waals surface area contributed by atoms with Gasteiger partial charge < -0.3 is 23.7 Å². The maximum atomic E-state index is 6.35. The van der Waals surface area contributed by atoms with Crippen molar-refractivity contribution in [2.75, 3.05) is 28.4 Å². The lowest BCUT2D eigenvalue weighted by molar-refractivity contribution is 0.155. The van der Waals surface area contributed by atoms with Gasteiger partial charge in [-0.1, -0.05) is 13.3 Å². The van der Waals surface area contributed by atoms with Crippen LogP contribution >= 0.6 is 0 Å². The Balaban J connectivity index is 2.09. The van der Waals surface area contributed by atoms with E-state index in [0.29, 0.717) is 23.0 Å². The van der Waals surface area contributed by atoms with Crippen molar-refractivity contribution in [3.05, 3.63) is 47.0 Å². The lowest BCUT2D eigenvalue weighted by Gasteiger charge is -2.28. The van der Waals surface area contributed by atoms with E-state index < -0.39 is 0 Å². The monoisotopic (exact) mass is 370 g/mol. The SMILES string of the molecule is CCCC1OC(c2ccc(OC)c(OC)c2)=Cc2cc(OC)c(OC)cc21. The van der Waals surface area contributed by atoms with Gasteiger partial charge in [0.25, 0.3) is 0 Å². The third-order valence-electron chi connectivity index (χ3n) is 4.71. The minimum Gasteiger partial charge on any atom is -0.493 e. The van der Waals surface area contributed by atoms with Gasteiger partial charge in [0.2, 0.25) is 0 Å². The Morgan fingerprint density at radius 2 is 1.44 bits per heavy atom. The number of benzene rings is 2. The van der Waals surface area contributed by atoms with Gasteiger partial charge in [0.05, 0.1) is 28.4 Å². The third-order valence-corrected chi connectivity index (χ3v) is 4.71. The highest BCUT2D eigenvalue weighted by atomic mass is 16.5. The fourth-order valence-corrected chi connectivity index (χ4v) is 3.32. The lowest BCUT2D eigenvalue weighted by Crippen LogP contribution is -2.11. The molecule has 1 atom stereocenters. The number of ether oxygens (including phenoxy) is 5. The molecule has 1 aliphatic rings. The van der Waals surface area contributed by atoms with E-state index in [2.05, 4.69) is 6.92 Å². The van der Waals surface area contributed by atoms with Gasteiger partial charge in [-0.05, 0) is 48.4 Å². The predicted octanol–water partition coefficient (Wildman–Crippen LogP) is 5.09. The predicted molar refractivity (Wildman–Crippen MR) is 106 cm³/mol. The quantitative estimate of drug-likeness (QED) is 0.679. The highest BCUT2D eigenvalue weighted by Crippen LogP contribution is 2.43. The molecule has 0 fully saturated rings. The second-order valence-electron chi connectivity index (χ2n) is 6.31. The molecular formula is C22H26O5. The molecule has 0 spiro atoms. The fourth-order valence-electron chi connectivity index (χ4n) is 3.32. The van der Waals surface area contributed by atoms with Crippen molar-refractivity contribution < 1.29 is 23.7 Å². The van der Waals surface area contributed by atoms with Gasteiger partial charge in [0.15, 0.2) is 23.0 Å². The topological polar surface area (TPSA) is 46.2 Å². The highest BCUT2D eigenvalue weighted by Gasteiger charge is 2.25. The van der Waals surface area contributed by atoms with Gasteiger partial charge in [-0.15, -0.1) is 0 Å². The van der Waals surface area contributed by atoms with E-state index in [1.807, 2.05) is 36.4 Å². The summed E-state index contributed by atoms with van der Waals surface area (Å²) in [5, 5.41) is 0. The van der Waals surface area contributed by atoms with Gasteiger partial charge in [-0.3, -0.25) is 0 Å². The van der Waals surface area contributed by atoms with E-state index >= 15 is 0 Å². The molecule has 0 saturated heterocycles. The molecule has 0 aliphatic carbocycles. The number of fused-ring (bicyclic) bond motifs is 1. The fraction of sp³-hybridized carbons (Fsp3) is 0.364. The maximum absolute atomic E-state index is 6.35. The summed E-state index contributed by atoms with van der Waals surface area (Å²) >= 11 is 0. The van der Waals surface area contributed by atoms with Crippen LogP contribution in [0.3, 0.4) is 0 Å². The van der Waals surface area contributed by atoms with Gasteiger partial charge in [-0.25, -0.2) is 0 Å². The first-order chi connectivity index (χ1) is 13.1. The van der Waals surface area contributed by atoms with Crippen molar-refractivity contribution >= 4 is 11.8 Å². The number of hydrogen-bond acceptors (Lipinski definition) is 5. The molecule has 0 amide bonds. The Morgan fingerprint density at radius 1 is 0.815 bits per heavy atom. The van der Waals surface area contributed by atoms with Gasteiger partial charge >= 0.3 is 0 Å². The van der Waals surface area contributed by atoms with Crippen LogP contribution in [0.5, 0.6) is 23.0 Å². The average Bonchev–Trinajstić information content (AvgIpc) is 2.72. The number of hydrogen-bond donors (Lipinski definition) is 0. The van der Waals surface area contributed by atoms with Crippen LogP contribution in [0.25, 0.3) is 11.8 Å². The van der Waals surface area contributed by atoms with Crippen LogP contribution in [0.4, 0.5) is 0 Å². The van der Waals surface area contributed by atoms with Crippen molar-refractivity contribution in [3.63, 3.8) is 0 Å². The Morgan fingerprint density at radius 3 is 2.07 bits per heavy atom. The maximum Gasteiger partial charge on any atom is 0.161 e. The summed E-state index contributed by atoms with van der Waals surface area (Å²) in [4.78, 5) is 0. The molecule has 0 aromatic heterocycles. The van der Waals surface area contributed by atoms with Crippen molar-refractivity contribution in [2.45, 2.75) is 25.9 Å². The first-order valence-electron chi connectivity index (χ1n) is 9.01. The number of rotatable bonds is 7. The zero-order valence-electron chi connectivity index (χ0n) is 16.5. The average molecular weight is 370 g/mol. The van der Waals surface area contributed by atoms with E-state index in [1.165, 1.54) is 0 Å². The standard InChI is InChI=1S/C22H26O5/c1-6-7-17-16-13-22(26-5)21(25-4)12-15(16)11-19(27-17)14-8-9-18(23-2)20(10-14)24-3/h8-13,17H,6-7H2,1-5H3. The van der Waals surface area contributed by atoms with E-state index in [1.54, 1.807) is 28.4 Å². The van der Waals surface area contributed by atoms with Crippen LogP contribution < -0.4 is 18.9 Å². The Hall–Kier alpha value is -2.82. The summed E-state index contributed by atoms with van der Waals surface area (Å²) in [5.74, 6) is 3.58. The molecule has 144 valence electrons. The minimum absolute atomic E-state index is 0.0436. The highest BCUT2D eigenvalue weighted by molar-refractivity contribution is 5.82. The third kappa shape index (κ3) is 3.68. The summed E-state index contributed by atoms with van der Waals surface area (Å²) < 4.78 is 28.1.